The first-order chi connectivity index (χ1) is 11.5. The Morgan fingerprint density at radius 1 is 1.38 bits per heavy atom. The molecular formula is C17H16ClF2N3O. The van der Waals surface area contributed by atoms with Crippen LogP contribution in [0.15, 0.2) is 30.5 Å². The van der Waals surface area contributed by atoms with Crippen LogP contribution in [0.25, 0.3) is 5.65 Å². The van der Waals surface area contributed by atoms with Gasteiger partial charge in [0.25, 0.3) is 6.08 Å². The molecule has 0 radical (unpaired) electrons. The molecule has 1 aliphatic heterocycles. The zero-order valence-electron chi connectivity index (χ0n) is 12.9. The fourth-order valence-electron chi connectivity index (χ4n) is 3.35. The van der Waals surface area contributed by atoms with E-state index in [1.807, 2.05) is 10.5 Å². The van der Waals surface area contributed by atoms with Crippen molar-refractivity contribution in [1.29, 1.82) is 0 Å². The standard InChI is InChI=1S/C17H16ClF2N3O/c18-12-3-4-15-21-17(11-1-2-11)13(23(15)8-12)9-22-7-10(5-14(19)20)6-16(22)24/h3-5,8,10-11H,1-2,6-7,9H2. The number of hydrogen-bond acceptors (Lipinski definition) is 2. The summed E-state index contributed by atoms with van der Waals surface area (Å²) in [5, 5.41) is 0.594. The van der Waals surface area contributed by atoms with E-state index in [0.717, 1.165) is 36.0 Å². The summed E-state index contributed by atoms with van der Waals surface area (Å²) in [6.07, 6.45) is 3.27. The quantitative estimate of drug-likeness (QED) is 0.835. The number of carbonyl (C=O) groups is 1. The summed E-state index contributed by atoms with van der Waals surface area (Å²) in [7, 11) is 0. The van der Waals surface area contributed by atoms with E-state index in [1.165, 1.54) is 0 Å². The fraction of sp³-hybridized carbons (Fsp3) is 0.412. The van der Waals surface area contributed by atoms with Gasteiger partial charge in [-0.25, -0.2) is 4.98 Å². The smallest absolute Gasteiger partial charge is 0.266 e. The van der Waals surface area contributed by atoms with Gasteiger partial charge >= 0.3 is 0 Å². The Balaban J connectivity index is 1.66. The molecule has 126 valence electrons. The van der Waals surface area contributed by atoms with Crippen LogP contribution in [0.4, 0.5) is 8.78 Å². The van der Waals surface area contributed by atoms with Gasteiger partial charge in [-0.05, 0) is 31.1 Å². The van der Waals surface area contributed by atoms with Crippen LogP contribution < -0.4 is 0 Å². The minimum absolute atomic E-state index is 0.101. The minimum atomic E-state index is -1.73. The van der Waals surface area contributed by atoms with Gasteiger partial charge in [-0.2, -0.15) is 8.78 Å². The average molecular weight is 352 g/mol. The summed E-state index contributed by atoms with van der Waals surface area (Å²) in [4.78, 5) is 18.5. The molecule has 0 spiro atoms. The van der Waals surface area contributed by atoms with Crippen molar-refractivity contribution in [2.45, 2.75) is 31.7 Å². The molecule has 1 saturated carbocycles. The highest BCUT2D eigenvalue weighted by molar-refractivity contribution is 6.30. The Morgan fingerprint density at radius 2 is 2.17 bits per heavy atom. The third kappa shape index (κ3) is 2.90. The predicted octanol–water partition coefficient (Wildman–Crippen LogP) is 3.99. The Bertz CT molecular complexity index is 840. The van der Waals surface area contributed by atoms with Crippen molar-refractivity contribution in [3.05, 3.63) is 46.9 Å². The molecule has 7 heteroatoms. The molecular weight excluding hydrogens is 336 g/mol. The Labute approximate surface area is 142 Å². The zero-order valence-corrected chi connectivity index (χ0v) is 13.6. The number of carbonyl (C=O) groups excluding carboxylic acids is 1. The van der Waals surface area contributed by atoms with Gasteiger partial charge in [-0.1, -0.05) is 11.6 Å². The van der Waals surface area contributed by atoms with Gasteiger partial charge in [-0.15, -0.1) is 0 Å². The number of imidazole rings is 1. The topological polar surface area (TPSA) is 37.6 Å². The van der Waals surface area contributed by atoms with E-state index >= 15 is 0 Å². The molecule has 2 aromatic rings. The number of pyridine rings is 1. The van der Waals surface area contributed by atoms with Gasteiger partial charge in [-0.3, -0.25) is 4.79 Å². The number of fused-ring (bicyclic) bond motifs is 1. The number of nitrogens with zero attached hydrogens (tertiary/aromatic N) is 3. The van der Waals surface area contributed by atoms with Gasteiger partial charge in [0.1, 0.15) is 5.65 Å². The van der Waals surface area contributed by atoms with E-state index in [2.05, 4.69) is 4.98 Å². The lowest BCUT2D eigenvalue weighted by atomic mass is 10.1. The SMILES string of the molecule is O=C1CC(C=C(F)F)CN1Cc1c(C2CC2)nc2ccc(Cl)cn12. The van der Waals surface area contributed by atoms with Crippen molar-refractivity contribution in [2.24, 2.45) is 5.92 Å². The second-order valence-corrected chi connectivity index (χ2v) is 6.92. The Morgan fingerprint density at radius 3 is 2.88 bits per heavy atom. The first kappa shape index (κ1) is 15.6. The lowest BCUT2D eigenvalue weighted by Crippen LogP contribution is -2.25. The maximum absolute atomic E-state index is 12.5. The molecule has 1 amide bonds. The van der Waals surface area contributed by atoms with E-state index in [4.69, 9.17) is 11.6 Å². The molecule has 24 heavy (non-hydrogen) atoms. The highest BCUT2D eigenvalue weighted by atomic mass is 35.5. The molecule has 4 rings (SSSR count). The number of hydrogen-bond donors (Lipinski definition) is 0. The number of likely N-dealkylation sites (tertiary alicyclic amines) is 1. The molecule has 1 atom stereocenters. The molecule has 3 heterocycles. The van der Waals surface area contributed by atoms with Crippen molar-refractivity contribution >= 4 is 23.2 Å². The monoisotopic (exact) mass is 351 g/mol. The van der Waals surface area contributed by atoms with Crippen molar-refractivity contribution in [2.75, 3.05) is 6.54 Å². The van der Waals surface area contributed by atoms with Crippen LogP contribution in [-0.2, 0) is 11.3 Å². The third-order valence-electron chi connectivity index (χ3n) is 4.62. The fourth-order valence-corrected chi connectivity index (χ4v) is 3.51. The van der Waals surface area contributed by atoms with Gasteiger partial charge in [0.2, 0.25) is 5.91 Å². The Hall–Kier alpha value is -1.95. The van der Waals surface area contributed by atoms with E-state index in [1.54, 1.807) is 17.2 Å². The van der Waals surface area contributed by atoms with Crippen LogP contribution in [0.5, 0.6) is 0 Å². The van der Waals surface area contributed by atoms with E-state index in [9.17, 15) is 13.6 Å². The minimum Gasteiger partial charge on any atom is -0.336 e. The average Bonchev–Trinajstić information content (AvgIpc) is 3.22. The molecule has 2 fully saturated rings. The summed E-state index contributed by atoms with van der Waals surface area (Å²) in [6, 6.07) is 3.64. The highest BCUT2D eigenvalue weighted by Crippen LogP contribution is 2.42. The zero-order chi connectivity index (χ0) is 16.8. The van der Waals surface area contributed by atoms with Gasteiger partial charge in [0.05, 0.1) is 23.0 Å². The first-order valence-corrected chi connectivity index (χ1v) is 8.36. The van der Waals surface area contributed by atoms with Crippen molar-refractivity contribution < 1.29 is 13.6 Å². The van der Waals surface area contributed by atoms with Crippen LogP contribution >= 0.6 is 11.6 Å². The summed E-state index contributed by atoms with van der Waals surface area (Å²) in [5.74, 6) is -0.0961. The highest BCUT2D eigenvalue weighted by Gasteiger charge is 2.34. The summed E-state index contributed by atoms with van der Waals surface area (Å²) < 4.78 is 26.8. The van der Waals surface area contributed by atoms with Crippen LogP contribution in [0.1, 0.15) is 36.6 Å². The second-order valence-electron chi connectivity index (χ2n) is 6.49. The van der Waals surface area contributed by atoms with Gasteiger partial charge in [0, 0.05) is 31.0 Å². The normalized spacial score (nSPS) is 20.9. The first-order valence-electron chi connectivity index (χ1n) is 7.98. The van der Waals surface area contributed by atoms with Gasteiger partial charge < -0.3 is 9.30 Å². The number of rotatable bonds is 4. The number of amides is 1. The molecule has 1 saturated heterocycles. The number of aromatic nitrogens is 2. The van der Waals surface area contributed by atoms with Crippen LogP contribution in [0.2, 0.25) is 5.02 Å². The van der Waals surface area contributed by atoms with Crippen LogP contribution in [0, 0.1) is 5.92 Å². The molecule has 0 bridgehead atoms. The summed E-state index contributed by atoms with van der Waals surface area (Å²) in [5.41, 5.74) is 2.74. The maximum Gasteiger partial charge on any atom is 0.266 e. The summed E-state index contributed by atoms with van der Waals surface area (Å²) >= 11 is 6.10. The molecule has 4 nitrogen and oxygen atoms in total. The lowest BCUT2D eigenvalue weighted by molar-refractivity contribution is -0.128. The molecule has 2 aromatic heterocycles. The maximum atomic E-state index is 12.5. The molecule has 1 unspecified atom stereocenters. The lowest BCUT2D eigenvalue weighted by Gasteiger charge is -2.17. The molecule has 0 aromatic carbocycles. The van der Waals surface area contributed by atoms with E-state index in [-0.39, 0.29) is 12.3 Å². The van der Waals surface area contributed by atoms with Crippen molar-refractivity contribution in [3.63, 3.8) is 0 Å². The van der Waals surface area contributed by atoms with Gasteiger partial charge in [0.15, 0.2) is 0 Å². The van der Waals surface area contributed by atoms with Crippen molar-refractivity contribution in [1.82, 2.24) is 14.3 Å². The van der Waals surface area contributed by atoms with Crippen molar-refractivity contribution in [3.8, 4) is 0 Å². The van der Waals surface area contributed by atoms with Crippen LogP contribution in [0.3, 0.4) is 0 Å². The molecule has 1 aliphatic carbocycles. The number of halogens is 3. The largest absolute Gasteiger partial charge is 0.336 e. The van der Waals surface area contributed by atoms with E-state index < -0.39 is 12.0 Å². The molecule has 0 N–H and O–H groups in total. The predicted molar refractivity (Wildman–Crippen MR) is 86.0 cm³/mol. The van der Waals surface area contributed by atoms with E-state index in [0.29, 0.717) is 24.0 Å². The third-order valence-corrected chi connectivity index (χ3v) is 4.85. The molecule has 2 aliphatic rings. The van der Waals surface area contributed by atoms with Crippen LogP contribution in [-0.4, -0.2) is 26.7 Å². The summed E-state index contributed by atoms with van der Waals surface area (Å²) in [6.45, 7) is 0.693. The Kier molecular flexibility index (Phi) is 3.79. The second kappa shape index (κ2) is 5.84.